The van der Waals surface area contributed by atoms with Crippen molar-refractivity contribution in [2.45, 2.75) is 46.6 Å². The van der Waals surface area contributed by atoms with Gasteiger partial charge in [-0.15, -0.1) is 0 Å². The van der Waals surface area contributed by atoms with Gasteiger partial charge in [-0.05, 0) is 62.1 Å². The molecule has 4 nitrogen and oxygen atoms in total. The van der Waals surface area contributed by atoms with Crippen molar-refractivity contribution in [1.29, 1.82) is 0 Å². The highest BCUT2D eigenvalue weighted by atomic mass is 16.2. The van der Waals surface area contributed by atoms with Gasteiger partial charge in [0.25, 0.3) is 5.91 Å². The van der Waals surface area contributed by atoms with E-state index in [0.29, 0.717) is 26.1 Å². The van der Waals surface area contributed by atoms with Crippen LogP contribution in [0.3, 0.4) is 0 Å². The van der Waals surface area contributed by atoms with Crippen molar-refractivity contribution in [1.82, 2.24) is 9.80 Å². The lowest BCUT2D eigenvalue weighted by Crippen LogP contribution is -2.57. The number of nitrogens with zero attached hydrogens (tertiary/aromatic N) is 2. The van der Waals surface area contributed by atoms with Gasteiger partial charge in [-0.1, -0.05) is 36.2 Å². The Hall–Kier alpha value is -2.62. The molecule has 0 saturated carbocycles. The molecule has 146 valence electrons. The van der Waals surface area contributed by atoms with E-state index in [1.165, 1.54) is 22.3 Å². The van der Waals surface area contributed by atoms with Gasteiger partial charge in [0, 0.05) is 25.1 Å². The summed E-state index contributed by atoms with van der Waals surface area (Å²) in [7, 11) is 0. The van der Waals surface area contributed by atoms with Crippen molar-refractivity contribution in [2.24, 2.45) is 0 Å². The maximum Gasteiger partial charge on any atom is 0.254 e. The van der Waals surface area contributed by atoms with E-state index in [1.807, 2.05) is 42.7 Å². The van der Waals surface area contributed by atoms with E-state index in [9.17, 15) is 9.59 Å². The molecule has 1 aliphatic carbocycles. The lowest BCUT2D eigenvalue weighted by Gasteiger charge is -2.43. The van der Waals surface area contributed by atoms with Gasteiger partial charge in [0.2, 0.25) is 5.91 Å². The van der Waals surface area contributed by atoms with E-state index in [4.69, 9.17) is 0 Å². The van der Waals surface area contributed by atoms with Gasteiger partial charge in [-0.3, -0.25) is 9.59 Å². The molecule has 0 N–H and O–H groups in total. The Kier molecular flexibility index (Phi) is 4.33. The zero-order valence-corrected chi connectivity index (χ0v) is 17.4. The fourth-order valence-electron chi connectivity index (χ4n) is 4.87. The summed E-state index contributed by atoms with van der Waals surface area (Å²) in [4.78, 5) is 30.0. The van der Waals surface area contributed by atoms with Crippen LogP contribution in [0.25, 0.3) is 0 Å². The first-order chi connectivity index (χ1) is 13.3. The van der Waals surface area contributed by atoms with Crippen molar-refractivity contribution in [3.05, 3.63) is 69.3 Å². The summed E-state index contributed by atoms with van der Waals surface area (Å²) in [5.74, 6) is 0.216. The average molecular weight is 377 g/mol. The molecule has 2 amide bonds. The highest BCUT2D eigenvalue weighted by Gasteiger charge is 2.60. The summed E-state index contributed by atoms with van der Waals surface area (Å²) in [6.45, 7) is 11.9. The Morgan fingerprint density at radius 2 is 1.68 bits per heavy atom. The molecule has 1 fully saturated rings. The number of fused-ring (bicyclic) bond motifs is 3. The van der Waals surface area contributed by atoms with Crippen LogP contribution in [0.4, 0.5) is 0 Å². The monoisotopic (exact) mass is 376 g/mol. The van der Waals surface area contributed by atoms with Crippen LogP contribution in [0.2, 0.25) is 0 Å². The van der Waals surface area contributed by atoms with Gasteiger partial charge >= 0.3 is 0 Å². The second-order valence-corrected chi connectivity index (χ2v) is 8.29. The predicted molar refractivity (Wildman–Crippen MR) is 111 cm³/mol. The van der Waals surface area contributed by atoms with Gasteiger partial charge in [-0.2, -0.15) is 0 Å². The SMILES string of the molecule is CCC(=O)N1CCN(C(=O)c2cc(C)cc(C)c2)C[C@@]12c1ccc(C)c(C)c12. The first kappa shape index (κ1) is 18.7. The number of amides is 2. The van der Waals surface area contributed by atoms with Crippen molar-refractivity contribution in [3.8, 4) is 0 Å². The molecule has 2 aromatic carbocycles. The van der Waals surface area contributed by atoms with E-state index < -0.39 is 5.54 Å². The fourth-order valence-corrected chi connectivity index (χ4v) is 4.87. The molecule has 0 radical (unpaired) electrons. The van der Waals surface area contributed by atoms with Crippen molar-refractivity contribution in [3.63, 3.8) is 0 Å². The second-order valence-electron chi connectivity index (χ2n) is 8.29. The van der Waals surface area contributed by atoms with Crippen molar-refractivity contribution in [2.75, 3.05) is 19.6 Å². The number of rotatable bonds is 2. The van der Waals surface area contributed by atoms with Crippen LogP contribution in [-0.2, 0) is 10.3 Å². The summed E-state index contributed by atoms with van der Waals surface area (Å²) in [5, 5.41) is 0. The molecule has 0 bridgehead atoms. The maximum absolute atomic E-state index is 13.3. The van der Waals surface area contributed by atoms with E-state index in [0.717, 1.165) is 16.7 Å². The highest BCUT2D eigenvalue weighted by molar-refractivity contribution is 5.95. The molecule has 1 aliphatic heterocycles. The third-order valence-corrected chi connectivity index (χ3v) is 6.37. The maximum atomic E-state index is 13.3. The van der Waals surface area contributed by atoms with Crippen LogP contribution in [0, 0.1) is 27.7 Å². The van der Waals surface area contributed by atoms with Gasteiger partial charge in [0.1, 0.15) is 5.54 Å². The number of carbonyl (C=O) groups is 2. The number of aryl methyl sites for hydroxylation is 3. The predicted octanol–water partition coefficient (Wildman–Crippen LogP) is 3.87. The molecule has 1 heterocycles. The summed E-state index contributed by atoms with van der Waals surface area (Å²) in [6, 6.07) is 10.3. The molecule has 2 aromatic rings. The van der Waals surface area contributed by atoms with E-state index >= 15 is 0 Å². The number of carbonyl (C=O) groups excluding carboxylic acids is 2. The zero-order valence-electron chi connectivity index (χ0n) is 17.4. The van der Waals surface area contributed by atoms with Crippen LogP contribution in [0.5, 0.6) is 0 Å². The minimum Gasteiger partial charge on any atom is -0.334 e. The lowest BCUT2D eigenvalue weighted by atomic mass is 10.0. The van der Waals surface area contributed by atoms with Gasteiger partial charge < -0.3 is 9.80 Å². The molecule has 0 unspecified atom stereocenters. The number of piperazine rings is 1. The molecular weight excluding hydrogens is 348 g/mol. The minimum atomic E-state index is -0.432. The van der Waals surface area contributed by atoms with Gasteiger partial charge in [0.05, 0.1) is 6.54 Å². The third-order valence-electron chi connectivity index (χ3n) is 6.37. The molecule has 4 heteroatoms. The molecule has 1 saturated heterocycles. The molecule has 4 rings (SSSR count). The standard InChI is InChI=1S/C24H28N2O2/c1-6-21(27)26-10-9-25(23(28)19-12-15(2)11-16(3)13-19)14-24(26)20-8-7-17(4)18(5)22(20)24/h7-8,11-13H,6,9-10,14H2,1-5H3/t24-/m0/s1. The lowest BCUT2D eigenvalue weighted by molar-refractivity contribution is -0.137. The summed E-state index contributed by atoms with van der Waals surface area (Å²) in [5.41, 5.74) is 7.42. The van der Waals surface area contributed by atoms with E-state index in [-0.39, 0.29) is 11.8 Å². The van der Waals surface area contributed by atoms with Crippen molar-refractivity contribution >= 4 is 11.8 Å². The Bertz CT molecular complexity index is 974. The largest absolute Gasteiger partial charge is 0.334 e. The summed E-state index contributed by atoms with van der Waals surface area (Å²) in [6.07, 6.45) is 0.485. The average Bonchev–Trinajstić information content (AvgIpc) is 3.29. The quantitative estimate of drug-likeness (QED) is 0.798. The van der Waals surface area contributed by atoms with Crippen LogP contribution < -0.4 is 0 Å². The van der Waals surface area contributed by atoms with Gasteiger partial charge in [0.15, 0.2) is 0 Å². The number of hydrogen-bond donors (Lipinski definition) is 0. The Labute approximate surface area is 167 Å². The fraction of sp³-hybridized carbons (Fsp3) is 0.417. The molecule has 28 heavy (non-hydrogen) atoms. The highest BCUT2D eigenvalue weighted by Crippen LogP contribution is 2.56. The van der Waals surface area contributed by atoms with Crippen molar-refractivity contribution < 1.29 is 9.59 Å². The number of benzene rings is 2. The molecule has 0 aromatic heterocycles. The molecule has 1 spiro atoms. The number of hydrogen-bond acceptors (Lipinski definition) is 2. The van der Waals surface area contributed by atoms with E-state index in [1.54, 1.807) is 0 Å². The van der Waals surface area contributed by atoms with Crippen LogP contribution in [0.1, 0.15) is 57.1 Å². The second kappa shape index (κ2) is 6.47. The Morgan fingerprint density at radius 1 is 1.00 bits per heavy atom. The van der Waals surface area contributed by atoms with E-state index in [2.05, 4.69) is 32.0 Å². The minimum absolute atomic E-state index is 0.0574. The molecule has 1 atom stereocenters. The summed E-state index contributed by atoms with van der Waals surface area (Å²) < 4.78 is 0. The summed E-state index contributed by atoms with van der Waals surface area (Å²) >= 11 is 0. The molecule has 2 aliphatic rings. The Morgan fingerprint density at radius 3 is 2.32 bits per heavy atom. The van der Waals surface area contributed by atoms with Crippen LogP contribution in [0.15, 0.2) is 30.3 Å². The van der Waals surface area contributed by atoms with Gasteiger partial charge in [-0.25, -0.2) is 0 Å². The molecular formula is C24H28N2O2. The normalized spacial score (nSPS) is 20.3. The smallest absolute Gasteiger partial charge is 0.254 e. The van der Waals surface area contributed by atoms with Crippen LogP contribution >= 0.6 is 0 Å². The first-order valence-corrected chi connectivity index (χ1v) is 10.1. The topological polar surface area (TPSA) is 40.6 Å². The Balaban J connectivity index is 1.71. The first-order valence-electron chi connectivity index (χ1n) is 10.1. The zero-order chi connectivity index (χ0) is 20.2. The van der Waals surface area contributed by atoms with Crippen LogP contribution in [-0.4, -0.2) is 41.2 Å². The third kappa shape index (κ3) is 2.66.